The predicted octanol–water partition coefficient (Wildman–Crippen LogP) is 1.77. The van der Waals surface area contributed by atoms with E-state index in [-0.39, 0.29) is 24.4 Å². The van der Waals surface area contributed by atoms with Gasteiger partial charge in [-0.1, -0.05) is 12.1 Å². The van der Waals surface area contributed by atoms with Gasteiger partial charge in [0.25, 0.3) is 5.91 Å². The third kappa shape index (κ3) is 5.00. The van der Waals surface area contributed by atoms with E-state index in [0.717, 1.165) is 13.1 Å². The van der Waals surface area contributed by atoms with Crippen LogP contribution in [0, 0.1) is 0 Å². The molecule has 7 heteroatoms. The van der Waals surface area contributed by atoms with Crippen LogP contribution >= 0.6 is 12.4 Å². The molecule has 1 unspecified atom stereocenters. The predicted molar refractivity (Wildman–Crippen MR) is 95.2 cm³/mol. The zero-order valence-corrected chi connectivity index (χ0v) is 15.3. The average Bonchev–Trinajstić information content (AvgIpc) is 2.60. The molecule has 136 valence electrons. The van der Waals surface area contributed by atoms with Gasteiger partial charge in [0.2, 0.25) is 0 Å². The number of ether oxygens (including phenoxy) is 3. The first-order valence-corrected chi connectivity index (χ1v) is 7.95. The molecule has 0 radical (unpaired) electrons. The van der Waals surface area contributed by atoms with E-state index >= 15 is 0 Å². The van der Waals surface area contributed by atoms with Crippen LogP contribution in [0.4, 0.5) is 0 Å². The number of methoxy groups -OCH3 is 2. The topological polar surface area (TPSA) is 68.8 Å². The highest BCUT2D eigenvalue weighted by Gasteiger charge is 2.39. The standard InChI is InChI=1S/C17H26N2O4.ClH/c1-13(23-15-7-5-4-6-14(15)21-2)12-19-16(20)17(22-3)8-10-18-11-9-17;/h4-7,13,18H,8-12H2,1-3H3,(H,19,20);1H. The Balaban J connectivity index is 0.00000288. The SMILES string of the molecule is COc1ccccc1OC(C)CNC(=O)C1(OC)CCNCC1.Cl. The number of carbonyl (C=O) groups excluding carboxylic acids is 1. The minimum Gasteiger partial charge on any atom is -0.493 e. The van der Waals surface area contributed by atoms with Crippen molar-refractivity contribution >= 4 is 18.3 Å². The molecule has 1 heterocycles. The average molecular weight is 359 g/mol. The van der Waals surface area contributed by atoms with Gasteiger partial charge in [-0.05, 0) is 45.0 Å². The summed E-state index contributed by atoms with van der Waals surface area (Å²) >= 11 is 0. The fourth-order valence-corrected chi connectivity index (χ4v) is 2.73. The molecule has 6 nitrogen and oxygen atoms in total. The van der Waals surface area contributed by atoms with Crippen LogP contribution in [0.3, 0.4) is 0 Å². The molecule has 1 amide bonds. The Labute approximate surface area is 149 Å². The Morgan fingerprint density at radius 3 is 2.46 bits per heavy atom. The van der Waals surface area contributed by atoms with Crippen molar-refractivity contribution in [1.82, 2.24) is 10.6 Å². The molecule has 1 fully saturated rings. The summed E-state index contributed by atoms with van der Waals surface area (Å²) < 4.78 is 16.6. The van der Waals surface area contributed by atoms with Crippen molar-refractivity contribution in [2.75, 3.05) is 33.9 Å². The van der Waals surface area contributed by atoms with Gasteiger partial charge in [-0.3, -0.25) is 4.79 Å². The number of piperidine rings is 1. The van der Waals surface area contributed by atoms with E-state index in [4.69, 9.17) is 14.2 Å². The van der Waals surface area contributed by atoms with E-state index in [1.807, 2.05) is 31.2 Å². The normalized spacial score (nSPS) is 17.3. The Kier molecular flexibility index (Phi) is 8.31. The minimum atomic E-state index is -0.727. The van der Waals surface area contributed by atoms with Crippen molar-refractivity contribution in [2.45, 2.75) is 31.5 Å². The van der Waals surface area contributed by atoms with Crippen molar-refractivity contribution in [1.29, 1.82) is 0 Å². The van der Waals surface area contributed by atoms with Crippen LogP contribution in [0.2, 0.25) is 0 Å². The second-order valence-electron chi connectivity index (χ2n) is 5.74. The molecule has 0 saturated carbocycles. The van der Waals surface area contributed by atoms with Crippen LogP contribution in [0.1, 0.15) is 19.8 Å². The summed E-state index contributed by atoms with van der Waals surface area (Å²) in [7, 11) is 3.20. The van der Waals surface area contributed by atoms with Crippen molar-refractivity contribution in [3.8, 4) is 11.5 Å². The molecule has 1 atom stereocenters. The van der Waals surface area contributed by atoms with E-state index in [1.165, 1.54) is 0 Å². The highest BCUT2D eigenvalue weighted by molar-refractivity contribution is 5.85. The van der Waals surface area contributed by atoms with Gasteiger partial charge in [0.05, 0.1) is 13.7 Å². The van der Waals surface area contributed by atoms with Gasteiger partial charge in [-0.25, -0.2) is 0 Å². The van der Waals surface area contributed by atoms with E-state index < -0.39 is 5.60 Å². The second kappa shape index (κ2) is 9.71. The number of hydrogen-bond acceptors (Lipinski definition) is 5. The summed E-state index contributed by atoms with van der Waals surface area (Å²) in [5.41, 5.74) is -0.727. The zero-order valence-electron chi connectivity index (χ0n) is 14.5. The summed E-state index contributed by atoms with van der Waals surface area (Å²) in [4.78, 5) is 12.5. The van der Waals surface area contributed by atoms with Gasteiger partial charge in [0, 0.05) is 7.11 Å². The maximum atomic E-state index is 12.5. The summed E-state index contributed by atoms with van der Waals surface area (Å²) in [5.74, 6) is 1.27. The first-order chi connectivity index (χ1) is 11.1. The molecule has 0 aliphatic carbocycles. The summed E-state index contributed by atoms with van der Waals surface area (Å²) in [6.45, 7) is 3.90. The number of amides is 1. The molecule has 0 spiro atoms. The number of hydrogen-bond donors (Lipinski definition) is 2. The van der Waals surface area contributed by atoms with E-state index in [0.29, 0.717) is 30.9 Å². The Morgan fingerprint density at radius 2 is 1.88 bits per heavy atom. The van der Waals surface area contributed by atoms with Crippen LogP contribution in [-0.4, -0.2) is 51.5 Å². The molecule has 1 aliphatic heterocycles. The van der Waals surface area contributed by atoms with Crippen LogP contribution in [-0.2, 0) is 9.53 Å². The maximum Gasteiger partial charge on any atom is 0.252 e. The van der Waals surface area contributed by atoms with Crippen molar-refractivity contribution in [3.63, 3.8) is 0 Å². The Morgan fingerprint density at radius 1 is 1.25 bits per heavy atom. The van der Waals surface area contributed by atoms with E-state index in [1.54, 1.807) is 14.2 Å². The number of rotatable bonds is 7. The van der Waals surface area contributed by atoms with Crippen LogP contribution < -0.4 is 20.1 Å². The third-order valence-electron chi connectivity index (χ3n) is 4.16. The van der Waals surface area contributed by atoms with Gasteiger partial charge in [-0.15, -0.1) is 12.4 Å². The van der Waals surface area contributed by atoms with Gasteiger partial charge in [0.15, 0.2) is 11.5 Å². The van der Waals surface area contributed by atoms with Crippen molar-refractivity contribution < 1.29 is 19.0 Å². The molecule has 1 aliphatic rings. The van der Waals surface area contributed by atoms with Gasteiger partial charge < -0.3 is 24.8 Å². The third-order valence-corrected chi connectivity index (χ3v) is 4.16. The number of para-hydroxylation sites is 2. The van der Waals surface area contributed by atoms with Crippen LogP contribution in [0.5, 0.6) is 11.5 Å². The number of benzene rings is 1. The molecule has 1 aromatic rings. The second-order valence-corrected chi connectivity index (χ2v) is 5.74. The lowest BCUT2D eigenvalue weighted by atomic mass is 9.91. The first kappa shape index (κ1) is 20.5. The molecular weight excluding hydrogens is 332 g/mol. The van der Waals surface area contributed by atoms with Crippen molar-refractivity contribution in [2.24, 2.45) is 0 Å². The van der Waals surface area contributed by atoms with Gasteiger partial charge in [0.1, 0.15) is 11.7 Å². The molecule has 0 aromatic heterocycles. The number of halogens is 1. The smallest absolute Gasteiger partial charge is 0.252 e. The largest absolute Gasteiger partial charge is 0.493 e. The Hall–Kier alpha value is -1.50. The molecule has 0 bridgehead atoms. The number of carbonyl (C=O) groups is 1. The summed E-state index contributed by atoms with van der Waals surface area (Å²) in [5, 5.41) is 6.18. The van der Waals surface area contributed by atoms with Gasteiger partial charge >= 0.3 is 0 Å². The highest BCUT2D eigenvalue weighted by atomic mass is 35.5. The first-order valence-electron chi connectivity index (χ1n) is 7.95. The van der Waals surface area contributed by atoms with E-state index in [2.05, 4.69) is 10.6 Å². The van der Waals surface area contributed by atoms with Crippen LogP contribution in [0.25, 0.3) is 0 Å². The quantitative estimate of drug-likeness (QED) is 0.777. The lowest BCUT2D eigenvalue weighted by molar-refractivity contribution is -0.147. The van der Waals surface area contributed by atoms with E-state index in [9.17, 15) is 4.79 Å². The highest BCUT2D eigenvalue weighted by Crippen LogP contribution is 2.27. The summed E-state index contributed by atoms with van der Waals surface area (Å²) in [6.07, 6.45) is 1.18. The molecule has 2 N–H and O–H groups in total. The fraction of sp³-hybridized carbons (Fsp3) is 0.588. The molecule has 24 heavy (non-hydrogen) atoms. The monoisotopic (exact) mass is 358 g/mol. The molecule has 2 rings (SSSR count). The van der Waals surface area contributed by atoms with Crippen LogP contribution in [0.15, 0.2) is 24.3 Å². The summed E-state index contributed by atoms with van der Waals surface area (Å²) in [6, 6.07) is 7.46. The van der Waals surface area contributed by atoms with Crippen molar-refractivity contribution in [3.05, 3.63) is 24.3 Å². The number of nitrogens with one attached hydrogen (secondary N) is 2. The molecule has 1 saturated heterocycles. The maximum absolute atomic E-state index is 12.5. The molecule has 1 aromatic carbocycles. The Bertz CT molecular complexity index is 521. The lowest BCUT2D eigenvalue weighted by Gasteiger charge is -2.35. The zero-order chi connectivity index (χ0) is 16.7. The molecular formula is C17H27ClN2O4. The lowest BCUT2D eigenvalue weighted by Crippen LogP contribution is -2.55. The van der Waals surface area contributed by atoms with Gasteiger partial charge in [-0.2, -0.15) is 0 Å². The minimum absolute atomic E-state index is 0. The fourth-order valence-electron chi connectivity index (χ4n) is 2.73.